The third-order valence-corrected chi connectivity index (χ3v) is 4.53. The Labute approximate surface area is 167 Å². The van der Waals surface area contributed by atoms with Crippen LogP contribution < -0.4 is 0 Å². The highest BCUT2D eigenvalue weighted by atomic mass is 19.4. The SMILES string of the molecule is CO[C@@H]1O[C@H](CO)C[C@H](O)[C@H]1N(CC(O)C(F)(F)F)C(=O)Cn1ccnc1[N+](=O)[O-]. The zero-order valence-electron chi connectivity index (χ0n) is 15.7. The van der Waals surface area contributed by atoms with E-state index >= 15 is 0 Å². The maximum atomic E-state index is 12.9. The van der Waals surface area contributed by atoms with Crippen molar-refractivity contribution in [2.24, 2.45) is 0 Å². The highest BCUT2D eigenvalue weighted by molar-refractivity contribution is 5.77. The van der Waals surface area contributed by atoms with Gasteiger partial charge in [0.15, 0.2) is 18.9 Å². The highest BCUT2D eigenvalue weighted by Gasteiger charge is 2.47. The molecule has 0 bridgehead atoms. The zero-order valence-corrected chi connectivity index (χ0v) is 15.7. The molecule has 1 amide bonds. The van der Waals surface area contributed by atoms with Gasteiger partial charge in [-0.15, -0.1) is 0 Å². The lowest BCUT2D eigenvalue weighted by Gasteiger charge is -2.44. The van der Waals surface area contributed by atoms with Crippen molar-refractivity contribution in [3.05, 3.63) is 22.5 Å². The molecule has 170 valence electrons. The summed E-state index contributed by atoms with van der Waals surface area (Å²) in [6.07, 6.45) is -9.93. The molecule has 1 aromatic rings. The van der Waals surface area contributed by atoms with Crippen LogP contribution in [-0.2, 0) is 20.8 Å². The van der Waals surface area contributed by atoms with Gasteiger partial charge in [0.25, 0.3) is 5.91 Å². The lowest BCUT2D eigenvalue weighted by molar-refractivity contribution is -0.396. The number of nitrogens with zero attached hydrogens (tertiary/aromatic N) is 4. The Morgan fingerprint density at radius 1 is 1.57 bits per heavy atom. The van der Waals surface area contributed by atoms with Crippen LogP contribution in [0.5, 0.6) is 0 Å². The Morgan fingerprint density at radius 3 is 2.77 bits per heavy atom. The molecule has 30 heavy (non-hydrogen) atoms. The molecule has 3 N–H and O–H groups in total. The number of methoxy groups -OCH3 is 1. The first-order valence-corrected chi connectivity index (χ1v) is 8.66. The van der Waals surface area contributed by atoms with Crippen LogP contribution in [0, 0.1) is 10.1 Å². The molecule has 0 radical (unpaired) electrons. The van der Waals surface area contributed by atoms with Gasteiger partial charge < -0.3 is 39.8 Å². The van der Waals surface area contributed by atoms with E-state index in [0.29, 0.717) is 4.90 Å². The van der Waals surface area contributed by atoms with Gasteiger partial charge in [-0.3, -0.25) is 4.79 Å². The molecule has 0 spiro atoms. The maximum Gasteiger partial charge on any atom is 0.435 e. The number of ether oxygens (including phenoxy) is 2. The number of carbonyl (C=O) groups is 1. The molecule has 1 saturated heterocycles. The number of aliphatic hydroxyl groups excluding tert-OH is 3. The molecule has 1 unspecified atom stereocenters. The van der Waals surface area contributed by atoms with Crippen molar-refractivity contribution in [3.8, 4) is 0 Å². The second-order valence-corrected chi connectivity index (χ2v) is 6.55. The quantitative estimate of drug-likeness (QED) is 0.340. The van der Waals surface area contributed by atoms with E-state index in [4.69, 9.17) is 9.47 Å². The minimum Gasteiger partial charge on any atom is -0.394 e. The first-order valence-electron chi connectivity index (χ1n) is 8.66. The Kier molecular flexibility index (Phi) is 7.70. The van der Waals surface area contributed by atoms with Crippen molar-refractivity contribution in [1.82, 2.24) is 14.5 Å². The molecule has 5 atom stereocenters. The van der Waals surface area contributed by atoms with Crippen molar-refractivity contribution >= 4 is 11.9 Å². The molecule has 1 aliphatic rings. The van der Waals surface area contributed by atoms with Crippen LogP contribution >= 0.6 is 0 Å². The van der Waals surface area contributed by atoms with E-state index in [1.165, 1.54) is 0 Å². The van der Waals surface area contributed by atoms with Gasteiger partial charge in [0.05, 0.1) is 25.4 Å². The van der Waals surface area contributed by atoms with E-state index in [-0.39, 0.29) is 6.42 Å². The number of aliphatic hydroxyl groups is 3. The standard InChI is InChI=1S/C15H21F3N4O8/c1-29-13-12(9(24)4-8(7-23)30-13)21(5-10(25)15(16,17)18)11(26)6-20-3-2-19-14(20)22(27)28/h2-3,8-10,12-13,23-25H,4-7H2,1H3/t8-,9-,10?,12+,13+/m0/s1. The Bertz CT molecular complexity index is 746. The fourth-order valence-electron chi connectivity index (χ4n) is 3.10. The van der Waals surface area contributed by atoms with E-state index in [9.17, 15) is 43.4 Å². The summed E-state index contributed by atoms with van der Waals surface area (Å²) in [6, 6.07) is -1.48. The third-order valence-electron chi connectivity index (χ3n) is 4.53. The molecule has 1 aliphatic heterocycles. The second-order valence-electron chi connectivity index (χ2n) is 6.55. The summed E-state index contributed by atoms with van der Waals surface area (Å²) in [5.41, 5.74) is 0. The average Bonchev–Trinajstić information content (AvgIpc) is 3.13. The number of nitro groups is 1. The van der Waals surface area contributed by atoms with Gasteiger partial charge in [-0.1, -0.05) is 4.98 Å². The highest BCUT2D eigenvalue weighted by Crippen LogP contribution is 2.28. The molecule has 0 aromatic carbocycles. The zero-order chi connectivity index (χ0) is 22.6. The largest absolute Gasteiger partial charge is 0.435 e. The first kappa shape index (κ1) is 23.9. The van der Waals surface area contributed by atoms with Gasteiger partial charge in [0, 0.05) is 13.5 Å². The van der Waals surface area contributed by atoms with Gasteiger partial charge in [0.1, 0.15) is 18.4 Å². The first-order chi connectivity index (χ1) is 14.0. The van der Waals surface area contributed by atoms with Crippen LogP contribution in [-0.4, -0.2) is 97.7 Å². The molecular formula is C15H21F3N4O8. The lowest BCUT2D eigenvalue weighted by Crippen LogP contribution is -2.62. The van der Waals surface area contributed by atoms with Crippen LogP contribution in [0.3, 0.4) is 0 Å². The van der Waals surface area contributed by atoms with Crippen molar-refractivity contribution in [3.63, 3.8) is 0 Å². The number of hydrogen-bond donors (Lipinski definition) is 3. The summed E-state index contributed by atoms with van der Waals surface area (Å²) in [5.74, 6) is -1.81. The maximum absolute atomic E-state index is 12.9. The number of carbonyl (C=O) groups excluding carboxylic acids is 1. The monoisotopic (exact) mass is 442 g/mol. The number of amides is 1. The van der Waals surface area contributed by atoms with Crippen LogP contribution in [0.1, 0.15) is 6.42 Å². The second kappa shape index (κ2) is 9.65. The van der Waals surface area contributed by atoms with Gasteiger partial charge in [0.2, 0.25) is 0 Å². The summed E-state index contributed by atoms with van der Waals surface area (Å²) in [7, 11) is 1.12. The topological polar surface area (TPSA) is 160 Å². The van der Waals surface area contributed by atoms with Crippen molar-refractivity contribution < 1.29 is 47.7 Å². The van der Waals surface area contributed by atoms with Gasteiger partial charge in [-0.25, -0.2) is 4.57 Å². The molecule has 0 aliphatic carbocycles. The minimum atomic E-state index is -5.07. The van der Waals surface area contributed by atoms with E-state index < -0.39 is 73.3 Å². The van der Waals surface area contributed by atoms with E-state index in [0.717, 1.165) is 24.1 Å². The molecular weight excluding hydrogens is 421 g/mol. The Morgan fingerprint density at radius 2 is 2.23 bits per heavy atom. The van der Waals surface area contributed by atoms with E-state index in [2.05, 4.69) is 4.98 Å². The molecule has 0 saturated carbocycles. The molecule has 2 rings (SSSR count). The number of hydrogen-bond acceptors (Lipinski definition) is 9. The Balaban J connectivity index is 2.34. The molecule has 15 heteroatoms. The number of imidazole rings is 1. The van der Waals surface area contributed by atoms with Gasteiger partial charge >= 0.3 is 12.1 Å². The number of rotatable bonds is 8. The van der Waals surface area contributed by atoms with E-state index in [1.54, 1.807) is 0 Å². The fourth-order valence-corrected chi connectivity index (χ4v) is 3.10. The normalized spacial score (nSPS) is 25.7. The predicted molar refractivity (Wildman–Crippen MR) is 89.8 cm³/mol. The van der Waals surface area contributed by atoms with Crippen LogP contribution in [0.15, 0.2) is 12.4 Å². The number of aromatic nitrogens is 2. The molecule has 1 aromatic heterocycles. The van der Waals surface area contributed by atoms with Gasteiger partial charge in [-0.05, 0) is 4.92 Å². The van der Waals surface area contributed by atoms with Crippen molar-refractivity contribution in [1.29, 1.82) is 0 Å². The summed E-state index contributed by atoms with van der Waals surface area (Å²) in [4.78, 5) is 26.8. The lowest BCUT2D eigenvalue weighted by atomic mass is 9.98. The average molecular weight is 442 g/mol. The number of halogens is 3. The summed E-state index contributed by atoms with van der Waals surface area (Å²) < 4.78 is 50.0. The van der Waals surface area contributed by atoms with Crippen molar-refractivity contribution in [2.45, 2.75) is 49.8 Å². The Hall–Kier alpha value is -2.33. The number of alkyl halides is 3. The molecule has 1 fully saturated rings. The minimum absolute atomic E-state index is 0.224. The van der Waals surface area contributed by atoms with Crippen LogP contribution in [0.4, 0.5) is 19.1 Å². The van der Waals surface area contributed by atoms with E-state index in [1.807, 2.05) is 0 Å². The predicted octanol–water partition coefficient (Wildman–Crippen LogP) is -0.974. The smallest absolute Gasteiger partial charge is 0.394 e. The third kappa shape index (κ3) is 5.42. The van der Waals surface area contributed by atoms with Gasteiger partial charge in [-0.2, -0.15) is 13.2 Å². The van der Waals surface area contributed by atoms with Crippen LogP contribution in [0.2, 0.25) is 0 Å². The summed E-state index contributed by atoms with van der Waals surface area (Å²) >= 11 is 0. The molecule has 2 heterocycles. The fraction of sp³-hybridized carbons (Fsp3) is 0.733. The summed E-state index contributed by atoms with van der Waals surface area (Å²) in [5, 5.41) is 40.1. The summed E-state index contributed by atoms with van der Waals surface area (Å²) in [6.45, 7) is -2.58. The molecule has 12 nitrogen and oxygen atoms in total. The van der Waals surface area contributed by atoms with Crippen molar-refractivity contribution in [2.75, 3.05) is 20.3 Å². The van der Waals surface area contributed by atoms with Crippen LogP contribution in [0.25, 0.3) is 0 Å².